The molecule has 2 fully saturated rings. The molecule has 1 saturated heterocycles. The number of aliphatic imine (C=N–C) groups is 1. The maximum atomic E-state index is 6.07. The zero-order chi connectivity index (χ0) is 12.1. The van der Waals surface area contributed by atoms with E-state index in [1.54, 1.807) is 0 Å². The van der Waals surface area contributed by atoms with Crippen molar-refractivity contribution in [2.24, 2.45) is 22.6 Å². The molecule has 17 heavy (non-hydrogen) atoms. The number of amidine groups is 1. The Morgan fingerprint density at radius 3 is 2.53 bits per heavy atom. The number of hydrogen-bond acceptors (Lipinski definition) is 2. The first kappa shape index (κ1) is 12.9. The fourth-order valence-corrected chi connectivity index (χ4v) is 3.08. The molecule has 1 atom stereocenters. The van der Waals surface area contributed by atoms with E-state index in [1.807, 2.05) is 0 Å². The Labute approximate surface area is 105 Å². The van der Waals surface area contributed by atoms with Gasteiger partial charge in [0.25, 0.3) is 0 Å². The molecule has 1 aliphatic heterocycles. The lowest BCUT2D eigenvalue weighted by molar-refractivity contribution is 0.291. The molecule has 0 spiro atoms. The molecule has 0 aromatic rings. The van der Waals surface area contributed by atoms with Crippen molar-refractivity contribution in [2.75, 3.05) is 26.2 Å². The molecule has 98 valence electrons. The van der Waals surface area contributed by atoms with Crippen LogP contribution in [0.25, 0.3) is 0 Å². The Bertz CT molecular complexity index is 250. The van der Waals surface area contributed by atoms with Crippen LogP contribution in [0.4, 0.5) is 0 Å². The van der Waals surface area contributed by atoms with Gasteiger partial charge in [-0.15, -0.1) is 0 Å². The highest BCUT2D eigenvalue weighted by atomic mass is 15.1. The normalized spacial score (nSPS) is 25.6. The minimum atomic E-state index is 0.592. The lowest BCUT2D eigenvalue weighted by Crippen LogP contribution is -2.28. The van der Waals surface area contributed by atoms with Crippen molar-refractivity contribution >= 4 is 5.84 Å². The molecule has 1 heterocycles. The first-order valence-corrected chi connectivity index (χ1v) is 7.28. The first-order valence-electron chi connectivity index (χ1n) is 7.28. The van der Waals surface area contributed by atoms with Crippen LogP contribution in [0, 0.1) is 11.8 Å². The molecule has 0 aromatic carbocycles. The first-order chi connectivity index (χ1) is 8.25. The van der Waals surface area contributed by atoms with Gasteiger partial charge >= 0.3 is 0 Å². The van der Waals surface area contributed by atoms with Crippen LogP contribution in [-0.4, -0.2) is 36.9 Å². The van der Waals surface area contributed by atoms with E-state index in [-0.39, 0.29) is 0 Å². The van der Waals surface area contributed by atoms with Gasteiger partial charge in [-0.25, -0.2) is 0 Å². The molecule has 2 aliphatic rings. The summed E-state index contributed by atoms with van der Waals surface area (Å²) in [6.07, 6.45) is 7.94. The van der Waals surface area contributed by atoms with Crippen LogP contribution in [0.1, 0.15) is 45.4 Å². The fourth-order valence-electron chi connectivity index (χ4n) is 3.08. The summed E-state index contributed by atoms with van der Waals surface area (Å²) in [4.78, 5) is 7.18. The summed E-state index contributed by atoms with van der Waals surface area (Å²) in [5.74, 6) is 2.16. The lowest BCUT2D eigenvalue weighted by Gasteiger charge is -2.19. The van der Waals surface area contributed by atoms with Crippen molar-refractivity contribution in [1.82, 2.24) is 4.90 Å². The summed E-state index contributed by atoms with van der Waals surface area (Å²) >= 11 is 0. The van der Waals surface area contributed by atoms with Crippen molar-refractivity contribution in [3.63, 3.8) is 0 Å². The third kappa shape index (κ3) is 3.98. The number of nitrogens with two attached hydrogens (primary N) is 1. The molecule has 2 N–H and O–H groups in total. The third-order valence-electron chi connectivity index (χ3n) is 4.13. The average Bonchev–Trinajstić information content (AvgIpc) is 2.97. The molecule has 3 nitrogen and oxygen atoms in total. The highest BCUT2D eigenvalue weighted by Crippen LogP contribution is 2.24. The van der Waals surface area contributed by atoms with Gasteiger partial charge in [0.15, 0.2) is 0 Å². The molecule has 0 radical (unpaired) electrons. The minimum absolute atomic E-state index is 0.592. The molecule has 0 bridgehead atoms. The Kier molecular flexibility index (Phi) is 4.84. The summed E-state index contributed by atoms with van der Waals surface area (Å²) in [5.41, 5.74) is 6.07. The van der Waals surface area contributed by atoms with Gasteiger partial charge in [0.2, 0.25) is 0 Å². The quantitative estimate of drug-likeness (QED) is 0.588. The summed E-state index contributed by atoms with van der Waals surface area (Å²) in [6, 6.07) is 0. The van der Waals surface area contributed by atoms with E-state index in [1.165, 1.54) is 58.2 Å². The van der Waals surface area contributed by atoms with Crippen LogP contribution in [0.3, 0.4) is 0 Å². The second-order valence-electron chi connectivity index (χ2n) is 5.86. The van der Waals surface area contributed by atoms with Crippen LogP contribution in [0.2, 0.25) is 0 Å². The van der Waals surface area contributed by atoms with Gasteiger partial charge in [-0.3, -0.25) is 4.99 Å². The fraction of sp³-hybridized carbons (Fsp3) is 0.929. The number of likely N-dealkylation sites (tertiary alicyclic amines) is 1. The monoisotopic (exact) mass is 237 g/mol. The second-order valence-corrected chi connectivity index (χ2v) is 5.86. The molecule has 0 amide bonds. The van der Waals surface area contributed by atoms with Gasteiger partial charge in [-0.05, 0) is 44.7 Å². The lowest BCUT2D eigenvalue weighted by atomic mass is 10.1. The van der Waals surface area contributed by atoms with Gasteiger partial charge in [0, 0.05) is 19.0 Å². The van der Waals surface area contributed by atoms with Gasteiger partial charge < -0.3 is 10.6 Å². The molecule has 1 saturated carbocycles. The van der Waals surface area contributed by atoms with E-state index in [0.29, 0.717) is 11.8 Å². The zero-order valence-electron chi connectivity index (χ0n) is 11.2. The van der Waals surface area contributed by atoms with Crippen LogP contribution in [0.5, 0.6) is 0 Å². The van der Waals surface area contributed by atoms with E-state index >= 15 is 0 Å². The van der Waals surface area contributed by atoms with Crippen molar-refractivity contribution < 1.29 is 0 Å². The van der Waals surface area contributed by atoms with E-state index in [9.17, 15) is 0 Å². The van der Waals surface area contributed by atoms with Crippen LogP contribution >= 0.6 is 0 Å². The van der Waals surface area contributed by atoms with Gasteiger partial charge in [0.1, 0.15) is 0 Å². The standard InChI is InChI=1S/C14H27N3/c1-12(11-17-8-4-5-9-17)10-16-14(15)13-6-2-3-7-13/h12-13H,2-11H2,1H3,(H2,15,16). The van der Waals surface area contributed by atoms with E-state index in [2.05, 4.69) is 16.8 Å². The predicted octanol–water partition coefficient (Wildman–Crippen LogP) is 2.27. The third-order valence-corrected chi connectivity index (χ3v) is 4.13. The van der Waals surface area contributed by atoms with Crippen LogP contribution < -0.4 is 5.73 Å². The topological polar surface area (TPSA) is 41.6 Å². The maximum Gasteiger partial charge on any atom is 0.0968 e. The Hall–Kier alpha value is -0.570. The molecular weight excluding hydrogens is 210 g/mol. The molecule has 0 aromatic heterocycles. The van der Waals surface area contributed by atoms with E-state index in [4.69, 9.17) is 5.73 Å². The highest BCUT2D eigenvalue weighted by Gasteiger charge is 2.19. The van der Waals surface area contributed by atoms with Crippen molar-refractivity contribution in [2.45, 2.75) is 45.4 Å². The average molecular weight is 237 g/mol. The Morgan fingerprint density at radius 1 is 1.24 bits per heavy atom. The summed E-state index contributed by atoms with van der Waals surface area (Å²) < 4.78 is 0. The largest absolute Gasteiger partial charge is 0.387 e. The maximum absolute atomic E-state index is 6.07. The van der Waals surface area contributed by atoms with Gasteiger partial charge in [-0.1, -0.05) is 19.8 Å². The Balaban J connectivity index is 1.70. The van der Waals surface area contributed by atoms with Crippen molar-refractivity contribution in [1.29, 1.82) is 0 Å². The second kappa shape index (κ2) is 6.39. The van der Waals surface area contributed by atoms with Crippen molar-refractivity contribution in [3.05, 3.63) is 0 Å². The van der Waals surface area contributed by atoms with Crippen LogP contribution in [-0.2, 0) is 0 Å². The Morgan fingerprint density at radius 2 is 1.88 bits per heavy atom. The predicted molar refractivity (Wildman–Crippen MR) is 73.3 cm³/mol. The van der Waals surface area contributed by atoms with Gasteiger partial charge in [0.05, 0.1) is 5.84 Å². The molecule has 2 rings (SSSR count). The van der Waals surface area contributed by atoms with Crippen molar-refractivity contribution in [3.8, 4) is 0 Å². The highest BCUT2D eigenvalue weighted by molar-refractivity contribution is 5.83. The summed E-state index contributed by atoms with van der Waals surface area (Å²) in [7, 11) is 0. The SMILES string of the molecule is CC(CN=C(N)C1CCCC1)CN1CCCC1. The smallest absolute Gasteiger partial charge is 0.0968 e. The molecular formula is C14H27N3. The van der Waals surface area contributed by atoms with Gasteiger partial charge in [-0.2, -0.15) is 0 Å². The van der Waals surface area contributed by atoms with E-state index in [0.717, 1.165) is 12.4 Å². The number of nitrogens with zero attached hydrogens (tertiary/aromatic N) is 2. The molecule has 3 heteroatoms. The summed E-state index contributed by atoms with van der Waals surface area (Å²) in [6.45, 7) is 6.97. The van der Waals surface area contributed by atoms with Crippen LogP contribution in [0.15, 0.2) is 4.99 Å². The molecule has 1 unspecified atom stereocenters. The number of rotatable bonds is 5. The van der Waals surface area contributed by atoms with E-state index < -0.39 is 0 Å². The number of hydrogen-bond donors (Lipinski definition) is 1. The molecule has 1 aliphatic carbocycles. The minimum Gasteiger partial charge on any atom is -0.387 e. The zero-order valence-corrected chi connectivity index (χ0v) is 11.2. The summed E-state index contributed by atoms with van der Waals surface area (Å²) in [5, 5.41) is 0.